The number of esters is 1. The Balaban J connectivity index is 1.41. The predicted octanol–water partition coefficient (Wildman–Crippen LogP) is 2.53. The number of non-ortho nitro benzene ring substituents is 1. The lowest BCUT2D eigenvalue weighted by Crippen LogP contribution is -2.77. The van der Waals surface area contributed by atoms with E-state index in [-0.39, 0.29) is 30.0 Å². The van der Waals surface area contributed by atoms with Crippen LogP contribution < -0.4 is 5.32 Å². The van der Waals surface area contributed by atoms with Gasteiger partial charge in [-0.3, -0.25) is 23.9 Å². The van der Waals surface area contributed by atoms with Crippen molar-refractivity contribution in [3.63, 3.8) is 0 Å². The van der Waals surface area contributed by atoms with Crippen LogP contribution in [0, 0.1) is 10.1 Å². The summed E-state index contributed by atoms with van der Waals surface area (Å²) in [5.41, 5.74) is 1.13. The van der Waals surface area contributed by atoms with Crippen LogP contribution in [0.15, 0.2) is 54.6 Å². The van der Waals surface area contributed by atoms with E-state index in [0.29, 0.717) is 21.2 Å². The van der Waals surface area contributed by atoms with Crippen LogP contribution >= 0.6 is 23.2 Å². The second kappa shape index (κ2) is 10.4. The first-order valence-corrected chi connectivity index (χ1v) is 12.7. The Hall–Kier alpha value is -3.28. The van der Waals surface area contributed by atoms with Crippen LogP contribution in [0.3, 0.4) is 0 Å². The molecule has 1 N–H and O–H groups in total. The third kappa shape index (κ3) is 5.13. The maximum atomic E-state index is 12.9. The lowest BCUT2D eigenvalue weighted by molar-refractivity contribution is -0.384. The van der Waals surface area contributed by atoms with Crippen molar-refractivity contribution >= 4 is 57.5 Å². The number of rotatable bonds is 7. The number of amides is 2. The largest absolute Gasteiger partial charge is 0.459 e. The van der Waals surface area contributed by atoms with Crippen LogP contribution in [-0.4, -0.2) is 55.0 Å². The number of nitrogens with zero attached hydrogens (tertiary/aromatic N) is 2. The number of hydrogen-bond donors (Lipinski definition) is 1. The summed E-state index contributed by atoms with van der Waals surface area (Å²) < 4.78 is 18.1. The fourth-order valence-electron chi connectivity index (χ4n) is 4.02. The van der Waals surface area contributed by atoms with Gasteiger partial charge in [0.1, 0.15) is 18.0 Å². The number of fused-ring (bicyclic) bond motifs is 1. The Labute approximate surface area is 217 Å². The van der Waals surface area contributed by atoms with E-state index in [1.165, 1.54) is 30.3 Å². The Morgan fingerprint density at radius 2 is 1.92 bits per heavy atom. The third-order valence-electron chi connectivity index (χ3n) is 5.77. The van der Waals surface area contributed by atoms with Crippen molar-refractivity contribution in [2.24, 2.45) is 0 Å². The number of carbonyl (C=O) groups excluding carboxylic acids is 3. The first kappa shape index (κ1) is 25.8. The van der Waals surface area contributed by atoms with Gasteiger partial charge in [0.15, 0.2) is 6.04 Å². The topological polar surface area (TPSA) is 136 Å². The van der Waals surface area contributed by atoms with E-state index in [1.807, 2.05) is 0 Å². The van der Waals surface area contributed by atoms with Crippen LogP contribution in [-0.2, 0) is 42.9 Å². The molecule has 0 aliphatic carbocycles. The van der Waals surface area contributed by atoms with E-state index in [0.717, 1.165) is 4.90 Å². The maximum Gasteiger partial charge on any atom is 0.333 e. The van der Waals surface area contributed by atoms with Crippen molar-refractivity contribution in [1.29, 1.82) is 0 Å². The molecule has 2 aromatic carbocycles. The van der Waals surface area contributed by atoms with Crippen LogP contribution in [0.4, 0.5) is 5.69 Å². The fourth-order valence-corrected chi connectivity index (χ4v) is 6.06. The second-order valence-electron chi connectivity index (χ2n) is 8.21. The molecule has 2 aliphatic heterocycles. The first-order valence-electron chi connectivity index (χ1n) is 10.6. The second-order valence-corrected chi connectivity index (χ2v) is 10.6. The van der Waals surface area contributed by atoms with E-state index in [9.17, 15) is 28.7 Å². The van der Waals surface area contributed by atoms with Gasteiger partial charge in [-0.15, -0.1) is 0 Å². The molecule has 0 radical (unpaired) electrons. The minimum Gasteiger partial charge on any atom is -0.459 e. The van der Waals surface area contributed by atoms with Crippen molar-refractivity contribution in [2.45, 2.75) is 30.5 Å². The van der Waals surface area contributed by atoms with Gasteiger partial charge in [-0.25, -0.2) is 4.79 Å². The smallest absolute Gasteiger partial charge is 0.333 e. The fraction of sp³-hybridized carbons (Fsp3) is 0.261. The van der Waals surface area contributed by atoms with Gasteiger partial charge in [0.25, 0.3) is 5.69 Å². The predicted molar refractivity (Wildman–Crippen MR) is 132 cm³/mol. The number of β-lactam (4-membered cyclic amide) rings is 1. The first-order chi connectivity index (χ1) is 17.1. The number of benzene rings is 2. The van der Waals surface area contributed by atoms with Crippen LogP contribution in [0.25, 0.3) is 0 Å². The van der Waals surface area contributed by atoms with E-state index >= 15 is 0 Å². The van der Waals surface area contributed by atoms with Gasteiger partial charge in [-0.1, -0.05) is 29.8 Å². The van der Waals surface area contributed by atoms with Crippen molar-refractivity contribution in [1.82, 2.24) is 10.2 Å². The molecule has 2 heterocycles. The maximum absolute atomic E-state index is 12.9. The minimum absolute atomic E-state index is 0.0434. The molecule has 2 aliphatic rings. The normalized spacial score (nSPS) is 22.9. The molecule has 4 rings (SSSR count). The van der Waals surface area contributed by atoms with E-state index < -0.39 is 51.0 Å². The highest BCUT2D eigenvalue weighted by molar-refractivity contribution is 7.86. The number of halogens is 2. The average Bonchev–Trinajstić information content (AvgIpc) is 2.83. The number of hydrogen-bond acceptors (Lipinski definition) is 7. The SMILES string of the molecule is C=C1CS(=O)[C@@H]2C(NC(=O)Cc3cc(Cl)ccc3Cl)C(=O)N2C1C(=O)OCc1ccc([N+](=O)[O-])cc1. The number of ether oxygens (including phenoxy) is 1. The zero-order valence-electron chi connectivity index (χ0n) is 18.5. The van der Waals surface area contributed by atoms with Gasteiger partial charge in [0.05, 0.1) is 22.1 Å². The Morgan fingerprint density at radius 1 is 1.22 bits per heavy atom. The zero-order valence-corrected chi connectivity index (χ0v) is 20.8. The molecular formula is C23H19Cl2N3O7S. The monoisotopic (exact) mass is 551 g/mol. The summed E-state index contributed by atoms with van der Waals surface area (Å²) in [4.78, 5) is 49.7. The molecule has 2 saturated heterocycles. The third-order valence-corrected chi connectivity index (χ3v) is 8.07. The molecule has 2 fully saturated rings. The minimum atomic E-state index is -1.59. The van der Waals surface area contributed by atoms with Crippen molar-refractivity contribution in [3.05, 3.63) is 85.9 Å². The van der Waals surface area contributed by atoms with E-state index in [1.54, 1.807) is 12.1 Å². The highest BCUT2D eigenvalue weighted by atomic mass is 35.5. The lowest BCUT2D eigenvalue weighted by Gasteiger charge is -2.52. The molecule has 10 nitrogen and oxygen atoms in total. The number of carbonyl (C=O) groups is 3. The molecule has 13 heteroatoms. The van der Waals surface area contributed by atoms with Crippen molar-refractivity contribution in [2.75, 3.05) is 5.75 Å². The van der Waals surface area contributed by atoms with Crippen LogP contribution in [0.1, 0.15) is 11.1 Å². The van der Waals surface area contributed by atoms with Gasteiger partial charge in [0, 0.05) is 27.9 Å². The van der Waals surface area contributed by atoms with Gasteiger partial charge in [0.2, 0.25) is 11.8 Å². The molecule has 188 valence electrons. The van der Waals surface area contributed by atoms with Crippen molar-refractivity contribution in [3.8, 4) is 0 Å². The van der Waals surface area contributed by atoms with Crippen LogP contribution in [0.2, 0.25) is 10.0 Å². The summed E-state index contributed by atoms with van der Waals surface area (Å²) in [5, 5.41) is 13.2. The van der Waals surface area contributed by atoms with Gasteiger partial charge in [-0.2, -0.15) is 0 Å². The Bertz CT molecular complexity index is 1300. The summed E-state index contributed by atoms with van der Waals surface area (Å²) in [5.74, 6) is -1.92. The number of nitrogens with one attached hydrogen (secondary N) is 1. The van der Waals surface area contributed by atoms with E-state index in [4.69, 9.17) is 27.9 Å². The zero-order chi connectivity index (χ0) is 26.1. The summed E-state index contributed by atoms with van der Waals surface area (Å²) in [6.07, 6.45) is -0.143. The average molecular weight is 552 g/mol. The van der Waals surface area contributed by atoms with Gasteiger partial charge < -0.3 is 15.0 Å². The molecule has 3 unspecified atom stereocenters. The Morgan fingerprint density at radius 3 is 2.58 bits per heavy atom. The quantitative estimate of drug-likeness (QED) is 0.183. The standard InChI is InChI=1S/C23H19Cl2N3O7S/c1-12-11-36(34)22-19(26-18(29)9-14-8-15(24)4-7-17(14)25)21(30)27(22)20(12)23(31)35-10-13-2-5-16(6-3-13)28(32)33/h2-8,19-20,22H,1,9-11H2,(H,26,29)/t19?,20?,22-,36?/m1/s1. The highest BCUT2D eigenvalue weighted by Gasteiger charge is 2.59. The van der Waals surface area contributed by atoms with Gasteiger partial charge in [-0.05, 0) is 47.0 Å². The summed E-state index contributed by atoms with van der Waals surface area (Å²) in [6, 6.07) is 7.91. The lowest BCUT2D eigenvalue weighted by atomic mass is 9.98. The molecule has 0 spiro atoms. The molecular weight excluding hydrogens is 533 g/mol. The van der Waals surface area contributed by atoms with E-state index in [2.05, 4.69) is 11.9 Å². The van der Waals surface area contributed by atoms with Crippen molar-refractivity contribution < 1.29 is 28.3 Å². The summed E-state index contributed by atoms with van der Waals surface area (Å²) in [7, 11) is -1.59. The molecule has 4 atom stereocenters. The number of nitro benzene ring substituents is 1. The molecule has 2 aromatic rings. The highest BCUT2D eigenvalue weighted by Crippen LogP contribution is 2.35. The summed E-state index contributed by atoms with van der Waals surface area (Å²) in [6.45, 7) is 3.61. The number of nitro groups is 1. The molecule has 2 amide bonds. The molecule has 0 bridgehead atoms. The van der Waals surface area contributed by atoms with Gasteiger partial charge >= 0.3 is 5.97 Å². The molecule has 0 saturated carbocycles. The summed E-state index contributed by atoms with van der Waals surface area (Å²) >= 11 is 12.1. The molecule has 0 aromatic heterocycles. The molecule has 36 heavy (non-hydrogen) atoms. The Kier molecular flexibility index (Phi) is 7.43. The van der Waals surface area contributed by atoms with Crippen LogP contribution in [0.5, 0.6) is 0 Å².